The van der Waals surface area contributed by atoms with E-state index in [1.165, 1.54) is 45.1 Å². The van der Waals surface area contributed by atoms with Crippen LogP contribution in [0, 0.1) is 0 Å². The van der Waals surface area contributed by atoms with Crippen LogP contribution >= 0.6 is 11.8 Å². The number of hydrogen-bond donors (Lipinski definition) is 1. The summed E-state index contributed by atoms with van der Waals surface area (Å²) in [5.41, 5.74) is 0. The van der Waals surface area contributed by atoms with Gasteiger partial charge in [0.15, 0.2) is 0 Å². The summed E-state index contributed by atoms with van der Waals surface area (Å²) in [6.45, 7) is 6.91. The molecule has 0 aromatic carbocycles. The Bertz CT molecular complexity index is 106. The molecule has 0 saturated carbocycles. The van der Waals surface area contributed by atoms with E-state index in [1.54, 1.807) is 0 Å². The first kappa shape index (κ1) is 14.3. The van der Waals surface area contributed by atoms with Crippen LogP contribution in [0.15, 0.2) is 0 Å². The summed E-state index contributed by atoms with van der Waals surface area (Å²) >= 11 is 1.94. The first-order valence-electron chi connectivity index (χ1n) is 6.04. The van der Waals surface area contributed by atoms with E-state index in [0.29, 0.717) is 0 Å². The highest BCUT2D eigenvalue weighted by molar-refractivity contribution is 7.99. The minimum absolute atomic E-state index is 0.759. The number of unbranched alkanes of at least 4 members (excludes halogenated alkanes) is 5. The molecule has 0 bridgehead atoms. The molecule has 1 atom stereocenters. The Kier molecular flexibility index (Phi) is 11.6. The van der Waals surface area contributed by atoms with Crippen molar-refractivity contribution in [2.24, 2.45) is 0 Å². The van der Waals surface area contributed by atoms with Gasteiger partial charge < -0.3 is 5.32 Å². The molecule has 0 radical (unpaired) electrons. The molecule has 0 spiro atoms. The van der Waals surface area contributed by atoms with Gasteiger partial charge in [0.2, 0.25) is 0 Å². The molecular formula is C12H27NS. The SMILES string of the molecule is CCCCCCCCNCC(C)SC. The molecule has 0 aromatic heterocycles. The molecule has 86 valence electrons. The van der Waals surface area contributed by atoms with Crippen molar-refractivity contribution in [2.45, 2.75) is 57.6 Å². The third kappa shape index (κ3) is 10.4. The summed E-state index contributed by atoms with van der Waals surface area (Å²) in [5.74, 6) is 0. The average molecular weight is 217 g/mol. The predicted molar refractivity (Wildman–Crippen MR) is 69.2 cm³/mol. The van der Waals surface area contributed by atoms with E-state index in [1.807, 2.05) is 11.8 Å². The molecule has 1 N–H and O–H groups in total. The Morgan fingerprint density at radius 1 is 1.07 bits per heavy atom. The minimum atomic E-state index is 0.759. The standard InChI is InChI=1S/C12H27NS/c1-4-5-6-7-8-9-10-13-11-12(2)14-3/h12-13H,4-11H2,1-3H3. The molecule has 0 aromatic rings. The molecule has 1 nitrogen and oxygen atoms in total. The summed E-state index contributed by atoms with van der Waals surface area (Å²) in [6, 6.07) is 0. The van der Waals surface area contributed by atoms with E-state index in [9.17, 15) is 0 Å². The van der Waals surface area contributed by atoms with Gasteiger partial charge in [0, 0.05) is 11.8 Å². The van der Waals surface area contributed by atoms with Crippen molar-refractivity contribution in [2.75, 3.05) is 19.3 Å². The molecule has 0 amide bonds. The van der Waals surface area contributed by atoms with Crippen LogP contribution in [0.4, 0.5) is 0 Å². The fourth-order valence-electron chi connectivity index (χ4n) is 1.42. The van der Waals surface area contributed by atoms with Crippen molar-refractivity contribution in [3.63, 3.8) is 0 Å². The van der Waals surface area contributed by atoms with Gasteiger partial charge in [-0.15, -0.1) is 0 Å². The summed E-state index contributed by atoms with van der Waals surface area (Å²) in [6.07, 6.45) is 10.5. The van der Waals surface area contributed by atoms with Gasteiger partial charge >= 0.3 is 0 Å². The van der Waals surface area contributed by atoms with Gasteiger partial charge in [-0.2, -0.15) is 11.8 Å². The Labute approximate surface area is 94.4 Å². The zero-order chi connectivity index (χ0) is 10.6. The largest absolute Gasteiger partial charge is 0.316 e. The molecular weight excluding hydrogens is 190 g/mol. The second-order valence-electron chi connectivity index (χ2n) is 4.02. The van der Waals surface area contributed by atoms with Crippen LogP contribution < -0.4 is 5.32 Å². The maximum Gasteiger partial charge on any atom is 0.0141 e. The third-order valence-corrected chi connectivity index (χ3v) is 3.51. The van der Waals surface area contributed by atoms with Crippen LogP contribution in [0.25, 0.3) is 0 Å². The lowest BCUT2D eigenvalue weighted by atomic mass is 10.1. The fraction of sp³-hybridized carbons (Fsp3) is 1.00. The van der Waals surface area contributed by atoms with Crippen molar-refractivity contribution < 1.29 is 0 Å². The summed E-state index contributed by atoms with van der Waals surface area (Å²) < 4.78 is 0. The molecule has 0 saturated heterocycles. The van der Waals surface area contributed by atoms with Crippen LogP contribution in [0.3, 0.4) is 0 Å². The molecule has 14 heavy (non-hydrogen) atoms. The number of nitrogens with one attached hydrogen (secondary N) is 1. The quantitative estimate of drug-likeness (QED) is 0.560. The van der Waals surface area contributed by atoms with E-state index in [-0.39, 0.29) is 0 Å². The van der Waals surface area contributed by atoms with E-state index in [0.717, 1.165) is 11.8 Å². The van der Waals surface area contributed by atoms with E-state index < -0.39 is 0 Å². The van der Waals surface area contributed by atoms with Gasteiger partial charge in [-0.3, -0.25) is 0 Å². The summed E-state index contributed by atoms with van der Waals surface area (Å²) in [4.78, 5) is 0. The van der Waals surface area contributed by atoms with Crippen LogP contribution in [0.2, 0.25) is 0 Å². The van der Waals surface area contributed by atoms with Crippen molar-refractivity contribution in [3.05, 3.63) is 0 Å². The Balaban J connectivity index is 2.92. The fourth-order valence-corrected chi connectivity index (χ4v) is 1.70. The topological polar surface area (TPSA) is 12.0 Å². The highest BCUT2D eigenvalue weighted by Crippen LogP contribution is 2.05. The molecule has 0 aliphatic heterocycles. The maximum atomic E-state index is 3.51. The van der Waals surface area contributed by atoms with E-state index in [4.69, 9.17) is 0 Å². The smallest absolute Gasteiger partial charge is 0.0141 e. The monoisotopic (exact) mass is 217 g/mol. The van der Waals surface area contributed by atoms with Crippen molar-refractivity contribution >= 4 is 11.8 Å². The summed E-state index contributed by atoms with van der Waals surface area (Å²) in [7, 11) is 0. The van der Waals surface area contributed by atoms with Crippen LogP contribution in [0.1, 0.15) is 52.4 Å². The van der Waals surface area contributed by atoms with Crippen molar-refractivity contribution in [1.82, 2.24) is 5.32 Å². The molecule has 0 rings (SSSR count). The summed E-state index contributed by atoms with van der Waals surface area (Å²) in [5, 5.41) is 4.27. The zero-order valence-electron chi connectivity index (χ0n) is 10.1. The highest BCUT2D eigenvalue weighted by Gasteiger charge is 1.96. The number of hydrogen-bond acceptors (Lipinski definition) is 2. The predicted octanol–water partition coefficient (Wildman–Crippen LogP) is 3.69. The second kappa shape index (κ2) is 11.4. The normalized spacial score (nSPS) is 13.1. The molecule has 1 unspecified atom stereocenters. The Morgan fingerprint density at radius 2 is 1.71 bits per heavy atom. The number of rotatable bonds is 10. The lowest BCUT2D eigenvalue weighted by molar-refractivity contribution is 0.572. The van der Waals surface area contributed by atoms with E-state index in [2.05, 4.69) is 25.4 Å². The molecule has 0 heterocycles. The van der Waals surface area contributed by atoms with Crippen LogP contribution in [-0.4, -0.2) is 24.6 Å². The van der Waals surface area contributed by atoms with Crippen molar-refractivity contribution in [1.29, 1.82) is 0 Å². The Hall–Kier alpha value is 0.310. The van der Waals surface area contributed by atoms with Gasteiger partial charge in [0.05, 0.1) is 0 Å². The first-order valence-corrected chi connectivity index (χ1v) is 7.33. The highest BCUT2D eigenvalue weighted by atomic mass is 32.2. The minimum Gasteiger partial charge on any atom is -0.316 e. The average Bonchev–Trinajstić information content (AvgIpc) is 2.21. The third-order valence-electron chi connectivity index (χ3n) is 2.54. The van der Waals surface area contributed by atoms with Gasteiger partial charge in [-0.25, -0.2) is 0 Å². The molecule has 2 heteroatoms. The second-order valence-corrected chi connectivity index (χ2v) is 5.29. The lowest BCUT2D eigenvalue weighted by Crippen LogP contribution is -2.23. The maximum absolute atomic E-state index is 3.51. The molecule has 0 aliphatic rings. The lowest BCUT2D eigenvalue weighted by Gasteiger charge is -2.09. The molecule has 0 fully saturated rings. The van der Waals surface area contributed by atoms with Gasteiger partial charge in [-0.05, 0) is 19.2 Å². The van der Waals surface area contributed by atoms with Gasteiger partial charge in [0.25, 0.3) is 0 Å². The van der Waals surface area contributed by atoms with E-state index >= 15 is 0 Å². The van der Waals surface area contributed by atoms with Gasteiger partial charge in [-0.1, -0.05) is 46.0 Å². The van der Waals surface area contributed by atoms with Crippen LogP contribution in [0.5, 0.6) is 0 Å². The first-order chi connectivity index (χ1) is 6.81. The molecule has 0 aliphatic carbocycles. The number of thioether (sulfide) groups is 1. The van der Waals surface area contributed by atoms with Crippen molar-refractivity contribution in [3.8, 4) is 0 Å². The van der Waals surface area contributed by atoms with Gasteiger partial charge in [0.1, 0.15) is 0 Å². The zero-order valence-corrected chi connectivity index (χ0v) is 11.0. The van der Waals surface area contributed by atoms with Crippen LogP contribution in [-0.2, 0) is 0 Å². The Morgan fingerprint density at radius 3 is 2.36 bits per heavy atom.